The van der Waals surface area contributed by atoms with E-state index in [1.807, 2.05) is 35.3 Å². The zero-order chi connectivity index (χ0) is 11.5. The van der Waals surface area contributed by atoms with Crippen LogP contribution in [0, 0.1) is 0 Å². The molecule has 0 bridgehead atoms. The Labute approximate surface area is 98.5 Å². The first-order valence-corrected chi connectivity index (χ1v) is 5.37. The maximum Gasteiger partial charge on any atom is 0.124 e. The molecular weight excluding hydrogens is 214 g/mol. The second-order valence-corrected chi connectivity index (χ2v) is 3.82. The highest BCUT2D eigenvalue weighted by atomic mass is 16.5. The van der Waals surface area contributed by atoms with Gasteiger partial charge in [-0.3, -0.25) is 0 Å². The molecule has 0 fully saturated rings. The van der Waals surface area contributed by atoms with Crippen LogP contribution >= 0.6 is 0 Å². The van der Waals surface area contributed by atoms with Crippen LogP contribution in [-0.4, -0.2) is 14.7 Å². The lowest BCUT2D eigenvalue weighted by Crippen LogP contribution is -1.95. The molecule has 0 saturated carbocycles. The van der Waals surface area contributed by atoms with Gasteiger partial charge in [-0.05, 0) is 5.56 Å². The summed E-state index contributed by atoms with van der Waals surface area (Å²) in [6.45, 7) is 0.832. The van der Waals surface area contributed by atoms with Crippen LogP contribution in [0.1, 0.15) is 5.56 Å². The molecule has 0 unspecified atom stereocenters. The number of aromatic nitrogens is 3. The van der Waals surface area contributed by atoms with Gasteiger partial charge >= 0.3 is 0 Å². The van der Waals surface area contributed by atoms with Gasteiger partial charge in [0.1, 0.15) is 12.0 Å². The summed E-state index contributed by atoms with van der Waals surface area (Å²) in [7, 11) is 0. The minimum absolute atomic E-state index is 0.832. The number of hydrogen-bond acceptors (Lipinski definition) is 3. The smallest absolute Gasteiger partial charge is 0.124 e. The van der Waals surface area contributed by atoms with E-state index in [1.165, 1.54) is 5.56 Å². The fourth-order valence-corrected chi connectivity index (χ4v) is 1.73. The van der Waals surface area contributed by atoms with Crippen molar-refractivity contribution < 1.29 is 4.52 Å². The van der Waals surface area contributed by atoms with Gasteiger partial charge in [-0.1, -0.05) is 29.4 Å². The fourth-order valence-electron chi connectivity index (χ4n) is 1.73. The number of rotatable bonds is 3. The molecule has 1 aromatic carbocycles. The van der Waals surface area contributed by atoms with Gasteiger partial charge in [0.2, 0.25) is 0 Å². The lowest BCUT2D eigenvalue weighted by molar-refractivity contribution is 0.422. The molecule has 0 aliphatic heterocycles. The molecule has 0 aliphatic rings. The summed E-state index contributed by atoms with van der Waals surface area (Å²) in [5, 5.41) is 3.90. The van der Waals surface area contributed by atoms with E-state index in [0.717, 1.165) is 17.8 Å². The summed E-state index contributed by atoms with van der Waals surface area (Å²) in [6.07, 6.45) is 7.12. The molecule has 0 aliphatic carbocycles. The predicted octanol–water partition coefficient (Wildman–Crippen LogP) is 2.59. The first kappa shape index (κ1) is 9.84. The van der Waals surface area contributed by atoms with Gasteiger partial charge < -0.3 is 9.09 Å². The van der Waals surface area contributed by atoms with Crippen molar-refractivity contribution in [2.75, 3.05) is 0 Å². The summed E-state index contributed by atoms with van der Waals surface area (Å²) in [5.41, 5.74) is 3.16. The van der Waals surface area contributed by atoms with Crippen LogP contribution in [0.5, 0.6) is 0 Å². The van der Waals surface area contributed by atoms with E-state index in [9.17, 15) is 0 Å². The third-order valence-corrected chi connectivity index (χ3v) is 2.61. The monoisotopic (exact) mass is 225 g/mol. The van der Waals surface area contributed by atoms with Crippen molar-refractivity contribution in [1.29, 1.82) is 0 Å². The van der Waals surface area contributed by atoms with E-state index in [4.69, 9.17) is 4.52 Å². The highest BCUT2D eigenvalue weighted by Crippen LogP contribution is 2.17. The van der Waals surface area contributed by atoms with Gasteiger partial charge in [-0.2, -0.15) is 0 Å². The predicted molar refractivity (Wildman–Crippen MR) is 63.3 cm³/mol. The van der Waals surface area contributed by atoms with Gasteiger partial charge in [0.25, 0.3) is 0 Å². The Morgan fingerprint density at radius 3 is 2.65 bits per heavy atom. The molecule has 3 aromatic rings. The van der Waals surface area contributed by atoms with Crippen LogP contribution in [0.2, 0.25) is 0 Å². The van der Waals surface area contributed by atoms with E-state index in [2.05, 4.69) is 22.3 Å². The molecule has 0 amide bonds. The standard InChI is InChI=1S/C13H11N3O/c1-3-12(13-5-8-17-15-13)4-2-11(1)9-16-7-6-14-10-16/h1-8,10H,9H2. The molecule has 0 atom stereocenters. The Morgan fingerprint density at radius 1 is 1.12 bits per heavy atom. The molecule has 0 N–H and O–H groups in total. The molecular formula is C13H11N3O. The Hall–Kier alpha value is -2.36. The Morgan fingerprint density at radius 2 is 2.00 bits per heavy atom. The van der Waals surface area contributed by atoms with Gasteiger partial charge in [-0.25, -0.2) is 4.98 Å². The molecule has 84 valence electrons. The Balaban J connectivity index is 1.81. The third-order valence-electron chi connectivity index (χ3n) is 2.61. The molecule has 2 aromatic heterocycles. The van der Waals surface area contributed by atoms with Gasteiger partial charge in [0.05, 0.1) is 6.33 Å². The fraction of sp³-hybridized carbons (Fsp3) is 0.0769. The molecule has 2 heterocycles. The summed E-state index contributed by atoms with van der Waals surface area (Å²) >= 11 is 0. The van der Waals surface area contributed by atoms with Crippen molar-refractivity contribution in [3.05, 3.63) is 60.9 Å². The van der Waals surface area contributed by atoms with E-state index < -0.39 is 0 Å². The lowest BCUT2D eigenvalue weighted by atomic mass is 10.1. The van der Waals surface area contributed by atoms with E-state index >= 15 is 0 Å². The molecule has 3 rings (SSSR count). The topological polar surface area (TPSA) is 43.9 Å². The summed E-state index contributed by atoms with van der Waals surface area (Å²) < 4.78 is 6.85. The van der Waals surface area contributed by atoms with Crippen LogP contribution in [0.15, 0.2) is 59.8 Å². The van der Waals surface area contributed by atoms with Gasteiger partial charge in [0.15, 0.2) is 0 Å². The van der Waals surface area contributed by atoms with E-state index in [-0.39, 0.29) is 0 Å². The first-order valence-electron chi connectivity index (χ1n) is 5.37. The minimum atomic E-state index is 0.832. The maximum atomic E-state index is 4.82. The average molecular weight is 225 g/mol. The van der Waals surface area contributed by atoms with Crippen molar-refractivity contribution in [3.8, 4) is 11.3 Å². The summed E-state index contributed by atoms with van der Waals surface area (Å²) in [6, 6.07) is 10.1. The highest BCUT2D eigenvalue weighted by molar-refractivity contribution is 5.58. The second kappa shape index (κ2) is 4.25. The number of benzene rings is 1. The third kappa shape index (κ3) is 2.10. The first-order chi connectivity index (χ1) is 8.42. The lowest BCUT2D eigenvalue weighted by Gasteiger charge is -2.03. The van der Waals surface area contributed by atoms with Crippen molar-refractivity contribution in [2.24, 2.45) is 0 Å². The van der Waals surface area contributed by atoms with E-state index in [1.54, 1.807) is 12.5 Å². The average Bonchev–Trinajstić information content (AvgIpc) is 3.01. The maximum absolute atomic E-state index is 4.82. The highest BCUT2D eigenvalue weighted by Gasteiger charge is 2.01. The summed E-state index contributed by atoms with van der Waals surface area (Å²) in [4.78, 5) is 4.02. The number of imidazole rings is 1. The molecule has 4 nitrogen and oxygen atoms in total. The van der Waals surface area contributed by atoms with Crippen LogP contribution in [-0.2, 0) is 6.54 Å². The van der Waals surface area contributed by atoms with Gasteiger partial charge in [-0.15, -0.1) is 0 Å². The van der Waals surface area contributed by atoms with Crippen LogP contribution < -0.4 is 0 Å². The number of hydrogen-bond donors (Lipinski definition) is 0. The normalized spacial score (nSPS) is 10.6. The Bertz CT molecular complexity index is 568. The Kier molecular flexibility index (Phi) is 2.46. The van der Waals surface area contributed by atoms with Crippen molar-refractivity contribution in [2.45, 2.75) is 6.54 Å². The molecule has 4 heteroatoms. The summed E-state index contributed by atoms with van der Waals surface area (Å²) in [5.74, 6) is 0. The van der Waals surface area contributed by atoms with Crippen molar-refractivity contribution >= 4 is 0 Å². The molecule has 0 spiro atoms. The zero-order valence-electron chi connectivity index (χ0n) is 9.15. The van der Waals surface area contributed by atoms with Crippen LogP contribution in [0.4, 0.5) is 0 Å². The second-order valence-electron chi connectivity index (χ2n) is 3.82. The van der Waals surface area contributed by atoms with E-state index in [0.29, 0.717) is 0 Å². The van der Waals surface area contributed by atoms with Gasteiger partial charge in [0, 0.05) is 30.6 Å². The minimum Gasteiger partial charge on any atom is -0.364 e. The zero-order valence-corrected chi connectivity index (χ0v) is 9.15. The number of nitrogens with zero attached hydrogens (tertiary/aromatic N) is 3. The SMILES string of the molecule is c1cn(Cc2ccc(-c3ccon3)cc2)cn1. The van der Waals surface area contributed by atoms with Crippen molar-refractivity contribution in [3.63, 3.8) is 0 Å². The quantitative estimate of drug-likeness (QED) is 0.688. The van der Waals surface area contributed by atoms with Crippen LogP contribution in [0.25, 0.3) is 11.3 Å². The molecule has 17 heavy (non-hydrogen) atoms. The van der Waals surface area contributed by atoms with Crippen LogP contribution in [0.3, 0.4) is 0 Å². The van der Waals surface area contributed by atoms with Crippen molar-refractivity contribution in [1.82, 2.24) is 14.7 Å². The molecule has 0 saturated heterocycles. The largest absolute Gasteiger partial charge is 0.364 e. The molecule has 0 radical (unpaired) electrons.